The van der Waals surface area contributed by atoms with Gasteiger partial charge in [0, 0.05) is 13.0 Å². The molecule has 0 saturated heterocycles. The van der Waals surface area contributed by atoms with E-state index < -0.39 is 30.1 Å². The fourth-order valence-electron chi connectivity index (χ4n) is 5.43. The van der Waals surface area contributed by atoms with Gasteiger partial charge < -0.3 is 24.4 Å². The second-order valence-corrected chi connectivity index (χ2v) is 13.5. The number of amides is 2. The summed E-state index contributed by atoms with van der Waals surface area (Å²) in [5, 5.41) is 7.04. The number of ether oxygens (including phenoxy) is 3. The van der Waals surface area contributed by atoms with Crippen LogP contribution >= 0.6 is 11.3 Å². The Morgan fingerprint density at radius 3 is 1.71 bits per heavy atom. The zero-order valence-electron chi connectivity index (χ0n) is 29.0. The van der Waals surface area contributed by atoms with Gasteiger partial charge in [0.2, 0.25) is 0 Å². The fraction of sp³-hybridized carbons (Fsp3) is 0.262. The minimum absolute atomic E-state index is 0.0546. The summed E-state index contributed by atoms with van der Waals surface area (Å²) in [5.41, 5.74) is 5.60. The van der Waals surface area contributed by atoms with E-state index in [4.69, 9.17) is 14.2 Å². The Morgan fingerprint density at radius 1 is 0.627 bits per heavy atom. The van der Waals surface area contributed by atoms with Gasteiger partial charge in [-0.15, -0.1) is 0 Å². The van der Waals surface area contributed by atoms with Gasteiger partial charge in [-0.1, -0.05) is 129 Å². The SMILES string of the molecule is CC(C)CN(CC(OCc1ccccc1)C(=O)OCc1ccccc1)C(=O)N[C@@H](Cc1ccc(-c2ccsc2)cc1)C(=O)OCc1ccccc1. The molecule has 0 aliphatic heterocycles. The molecule has 8 nitrogen and oxygen atoms in total. The molecule has 2 atom stereocenters. The van der Waals surface area contributed by atoms with E-state index in [0.29, 0.717) is 6.54 Å². The number of carbonyl (C=O) groups excluding carboxylic acids is 3. The lowest BCUT2D eigenvalue weighted by atomic mass is 10.0. The number of carbonyl (C=O) groups is 3. The average Bonchev–Trinajstić information content (AvgIpc) is 3.70. The van der Waals surface area contributed by atoms with Crippen LogP contribution in [0.15, 0.2) is 132 Å². The number of benzene rings is 4. The molecule has 1 aromatic heterocycles. The highest BCUT2D eigenvalue weighted by molar-refractivity contribution is 7.08. The molecule has 51 heavy (non-hydrogen) atoms. The molecule has 1 heterocycles. The van der Waals surface area contributed by atoms with Gasteiger partial charge in [-0.05, 0) is 56.1 Å². The second kappa shape index (κ2) is 19.2. The maximum atomic E-state index is 14.1. The summed E-state index contributed by atoms with van der Waals surface area (Å²) in [4.78, 5) is 42.7. The van der Waals surface area contributed by atoms with Crippen LogP contribution in [0.1, 0.15) is 36.1 Å². The first kappa shape index (κ1) is 37.0. The molecule has 0 aliphatic carbocycles. The number of nitrogens with one attached hydrogen (secondary N) is 1. The van der Waals surface area contributed by atoms with Crippen LogP contribution in [0.2, 0.25) is 0 Å². The summed E-state index contributed by atoms with van der Waals surface area (Å²) < 4.78 is 17.5. The Morgan fingerprint density at radius 2 is 1.18 bits per heavy atom. The lowest BCUT2D eigenvalue weighted by Gasteiger charge is -2.30. The van der Waals surface area contributed by atoms with E-state index >= 15 is 0 Å². The van der Waals surface area contributed by atoms with E-state index in [1.165, 1.54) is 4.90 Å². The number of urea groups is 1. The van der Waals surface area contributed by atoms with Crippen molar-refractivity contribution in [3.63, 3.8) is 0 Å². The van der Waals surface area contributed by atoms with Crippen molar-refractivity contribution in [2.45, 2.75) is 52.2 Å². The number of hydrogen-bond acceptors (Lipinski definition) is 7. The van der Waals surface area contributed by atoms with E-state index in [2.05, 4.69) is 16.8 Å². The van der Waals surface area contributed by atoms with Gasteiger partial charge in [0.25, 0.3) is 0 Å². The Labute approximate surface area is 304 Å². The van der Waals surface area contributed by atoms with Gasteiger partial charge in [-0.25, -0.2) is 14.4 Å². The third kappa shape index (κ3) is 11.9. The predicted molar refractivity (Wildman–Crippen MR) is 200 cm³/mol. The largest absolute Gasteiger partial charge is 0.459 e. The van der Waals surface area contributed by atoms with E-state index in [1.54, 1.807) is 11.3 Å². The number of nitrogens with zero attached hydrogens (tertiary/aromatic N) is 1. The number of esters is 2. The average molecular weight is 705 g/mol. The van der Waals surface area contributed by atoms with Crippen LogP contribution in [-0.4, -0.2) is 48.1 Å². The standard InChI is InChI=1S/C42H44N2O6S/c1-31(2)25-44(26-39(48-27-33-12-6-3-7-13-33)41(46)50-29-35-16-10-5-11-17-35)42(47)43-38(40(45)49-28-34-14-8-4-9-15-34)24-32-18-20-36(21-19-32)37-22-23-51-30-37/h3-23,30-31,38-39H,24-29H2,1-2H3,(H,43,47)/t38-,39?/m0/s1. The zero-order chi connectivity index (χ0) is 35.8. The molecule has 5 aromatic rings. The molecule has 4 aromatic carbocycles. The predicted octanol–water partition coefficient (Wildman–Crippen LogP) is 8.07. The minimum Gasteiger partial charge on any atom is -0.459 e. The Hall–Kier alpha value is -5.25. The van der Waals surface area contributed by atoms with Crippen LogP contribution in [0.3, 0.4) is 0 Å². The van der Waals surface area contributed by atoms with Crippen molar-refractivity contribution >= 4 is 29.3 Å². The summed E-state index contributed by atoms with van der Waals surface area (Å²) in [6.45, 7) is 4.49. The van der Waals surface area contributed by atoms with Crippen LogP contribution in [0.5, 0.6) is 0 Å². The first-order valence-corrected chi connectivity index (χ1v) is 18.0. The Bertz CT molecular complexity index is 1780. The molecule has 1 N–H and O–H groups in total. The van der Waals surface area contributed by atoms with Crippen molar-refractivity contribution in [2.75, 3.05) is 13.1 Å². The third-order valence-corrected chi connectivity index (χ3v) is 8.78. The van der Waals surface area contributed by atoms with E-state index in [-0.39, 0.29) is 38.7 Å². The summed E-state index contributed by atoms with van der Waals surface area (Å²) in [6, 6.07) is 36.8. The lowest BCUT2D eigenvalue weighted by molar-refractivity contribution is -0.160. The molecule has 0 spiro atoms. The molecule has 2 amide bonds. The highest BCUT2D eigenvalue weighted by Gasteiger charge is 2.31. The van der Waals surface area contributed by atoms with Crippen molar-refractivity contribution in [3.8, 4) is 11.1 Å². The molecule has 0 radical (unpaired) electrons. The maximum absolute atomic E-state index is 14.1. The highest BCUT2D eigenvalue weighted by atomic mass is 32.1. The summed E-state index contributed by atoms with van der Waals surface area (Å²) >= 11 is 1.63. The monoisotopic (exact) mass is 704 g/mol. The molecule has 1 unspecified atom stereocenters. The Kier molecular flexibility index (Phi) is 14.0. The van der Waals surface area contributed by atoms with Crippen LogP contribution < -0.4 is 5.32 Å². The third-order valence-electron chi connectivity index (χ3n) is 8.09. The second-order valence-electron chi connectivity index (χ2n) is 12.7. The van der Waals surface area contributed by atoms with E-state index in [9.17, 15) is 14.4 Å². The van der Waals surface area contributed by atoms with Crippen molar-refractivity contribution < 1.29 is 28.6 Å². The molecular weight excluding hydrogens is 661 g/mol. The maximum Gasteiger partial charge on any atom is 0.337 e. The van der Waals surface area contributed by atoms with Gasteiger partial charge in [0.05, 0.1) is 13.2 Å². The Balaban J connectivity index is 1.33. The van der Waals surface area contributed by atoms with E-state index in [1.807, 2.05) is 134 Å². The molecule has 264 valence electrons. The van der Waals surface area contributed by atoms with Gasteiger partial charge in [0.1, 0.15) is 19.3 Å². The van der Waals surface area contributed by atoms with Crippen LogP contribution in [0.25, 0.3) is 11.1 Å². The number of rotatable bonds is 17. The van der Waals surface area contributed by atoms with Crippen LogP contribution in [-0.2, 0) is 50.0 Å². The fourth-order valence-corrected chi connectivity index (χ4v) is 6.09. The van der Waals surface area contributed by atoms with Gasteiger partial charge in [-0.2, -0.15) is 11.3 Å². The zero-order valence-corrected chi connectivity index (χ0v) is 29.8. The molecule has 5 rings (SSSR count). The van der Waals surface area contributed by atoms with Crippen LogP contribution in [0.4, 0.5) is 4.79 Å². The van der Waals surface area contributed by atoms with Crippen molar-refractivity contribution in [2.24, 2.45) is 5.92 Å². The highest BCUT2D eigenvalue weighted by Crippen LogP contribution is 2.23. The van der Waals surface area contributed by atoms with Crippen molar-refractivity contribution in [1.29, 1.82) is 0 Å². The van der Waals surface area contributed by atoms with Gasteiger partial charge in [0.15, 0.2) is 6.10 Å². The quantitative estimate of drug-likeness (QED) is 0.0985. The normalized spacial score (nSPS) is 12.1. The number of hydrogen-bond donors (Lipinski definition) is 1. The number of thiophene rings is 1. The summed E-state index contributed by atoms with van der Waals surface area (Å²) in [7, 11) is 0. The lowest BCUT2D eigenvalue weighted by Crippen LogP contribution is -2.53. The molecule has 0 aliphatic rings. The molecule has 0 bridgehead atoms. The van der Waals surface area contributed by atoms with Crippen molar-refractivity contribution in [1.82, 2.24) is 10.2 Å². The first-order chi connectivity index (χ1) is 24.8. The smallest absolute Gasteiger partial charge is 0.337 e. The molecule has 0 saturated carbocycles. The molecule has 9 heteroatoms. The summed E-state index contributed by atoms with van der Waals surface area (Å²) in [6.07, 6.45) is -0.863. The molecule has 0 fully saturated rings. The van der Waals surface area contributed by atoms with Crippen molar-refractivity contribution in [3.05, 3.63) is 154 Å². The minimum atomic E-state index is -1.08. The summed E-state index contributed by atoms with van der Waals surface area (Å²) in [5.74, 6) is -1.09. The topological polar surface area (TPSA) is 94.2 Å². The van der Waals surface area contributed by atoms with E-state index in [0.717, 1.165) is 33.4 Å². The van der Waals surface area contributed by atoms with Gasteiger partial charge >= 0.3 is 18.0 Å². The first-order valence-electron chi connectivity index (χ1n) is 17.1. The van der Waals surface area contributed by atoms with Crippen LogP contribution in [0, 0.1) is 5.92 Å². The van der Waals surface area contributed by atoms with Gasteiger partial charge in [-0.3, -0.25) is 0 Å². The molecular formula is C42H44N2O6S.